The minimum Gasteiger partial charge on any atom is -0.317 e. The van der Waals surface area contributed by atoms with E-state index < -0.39 is 0 Å². The summed E-state index contributed by atoms with van der Waals surface area (Å²) in [6, 6.07) is 10.6. The molecule has 2 aliphatic rings. The molecule has 4 rings (SSSR count). The van der Waals surface area contributed by atoms with Crippen molar-refractivity contribution >= 4 is 0 Å². The zero-order valence-electron chi connectivity index (χ0n) is 14.9. The molecule has 1 aromatic carbocycles. The minimum atomic E-state index is -0.0554. The molecule has 0 radical (unpaired) electrons. The van der Waals surface area contributed by atoms with Crippen molar-refractivity contribution < 1.29 is 0 Å². The van der Waals surface area contributed by atoms with Gasteiger partial charge in [0.15, 0.2) is 0 Å². The van der Waals surface area contributed by atoms with Gasteiger partial charge >= 0.3 is 5.69 Å². The van der Waals surface area contributed by atoms with Crippen molar-refractivity contribution in [1.82, 2.24) is 24.6 Å². The molecular formula is C19H27N5O. The van der Waals surface area contributed by atoms with Gasteiger partial charge in [0.1, 0.15) is 5.82 Å². The molecule has 1 atom stereocenters. The average Bonchev–Trinajstić information content (AvgIpc) is 2.98. The molecule has 0 aliphatic carbocycles. The van der Waals surface area contributed by atoms with Crippen molar-refractivity contribution in [3.8, 4) is 5.69 Å². The molecule has 0 saturated carbocycles. The predicted molar refractivity (Wildman–Crippen MR) is 98.2 cm³/mol. The van der Waals surface area contributed by atoms with Crippen LogP contribution in [0, 0.1) is 0 Å². The number of nitrogens with one attached hydrogen (secondary N) is 1. The quantitative estimate of drug-likeness (QED) is 0.919. The number of para-hydroxylation sites is 1. The monoisotopic (exact) mass is 341 g/mol. The summed E-state index contributed by atoms with van der Waals surface area (Å²) in [5.41, 5.74) is 0.856. The highest BCUT2D eigenvalue weighted by Crippen LogP contribution is 2.29. The number of hydrogen-bond acceptors (Lipinski definition) is 4. The SMILES string of the molecule is Cn1nc(C2CCCN(C3CCNCC3)C2)n(-c2ccccc2)c1=O. The highest BCUT2D eigenvalue weighted by atomic mass is 16.2. The number of piperidine rings is 2. The molecule has 0 amide bonds. The molecule has 0 bridgehead atoms. The lowest BCUT2D eigenvalue weighted by Crippen LogP contribution is -2.47. The Bertz CT molecular complexity index is 760. The predicted octanol–water partition coefficient (Wildman–Crippen LogP) is 1.50. The smallest absolute Gasteiger partial charge is 0.317 e. The van der Waals surface area contributed by atoms with Crippen LogP contribution in [-0.4, -0.2) is 51.5 Å². The van der Waals surface area contributed by atoms with Crippen molar-refractivity contribution in [3.63, 3.8) is 0 Å². The highest BCUT2D eigenvalue weighted by molar-refractivity contribution is 5.33. The summed E-state index contributed by atoms with van der Waals surface area (Å²) >= 11 is 0. The van der Waals surface area contributed by atoms with Crippen LogP contribution >= 0.6 is 0 Å². The third kappa shape index (κ3) is 3.28. The molecule has 2 saturated heterocycles. The van der Waals surface area contributed by atoms with E-state index in [2.05, 4.69) is 15.3 Å². The van der Waals surface area contributed by atoms with E-state index >= 15 is 0 Å². The topological polar surface area (TPSA) is 55.1 Å². The average molecular weight is 341 g/mol. The first kappa shape index (κ1) is 16.5. The number of benzene rings is 1. The Hall–Kier alpha value is -1.92. The first-order valence-electron chi connectivity index (χ1n) is 9.40. The number of aryl methyl sites for hydroxylation is 1. The van der Waals surface area contributed by atoms with Crippen LogP contribution in [0.1, 0.15) is 37.4 Å². The second-order valence-electron chi connectivity index (χ2n) is 7.25. The maximum absolute atomic E-state index is 12.7. The third-order valence-electron chi connectivity index (χ3n) is 5.61. The van der Waals surface area contributed by atoms with Crippen LogP contribution < -0.4 is 11.0 Å². The van der Waals surface area contributed by atoms with E-state index in [0.29, 0.717) is 12.0 Å². The maximum Gasteiger partial charge on any atom is 0.350 e. The molecular weight excluding hydrogens is 314 g/mol. The number of likely N-dealkylation sites (tertiary alicyclic amines) is 1. The lowest BCUT2D eigenvalue weighted by Gasteiger charge is -2.39. The summed E-state index contributed by atoms with van der Waals surface area (Å²) in [5.74, 6) is 1.23. The molecule has 3 heterocycles. The molecule has 1 unspecified atom stereocenters. The molecule has 2 aliphatic heterocycles. The zero-order valence-corrected chi connectivity index (χ0v) is 14.9. The summed E-state index contributed by atoms with van der Waals surface area (Å²) in [4.78, 5) is 15.3. The van der Waals surface area contributed by atoms with E-state index in [4.69, 9.17) is 0 Å². The fraction of sp³-hybridized carbons (Fsp3) is 0.579. The van der Waals surface area contributed by atoms with Crippen LogP contribution in [0.2, 0.25) is 0 Å². The Morgan fingerprint density at radius 2 is 1.88 bits per heavy atom. The van der Waals surface area contributed by atoms with Crippen molar-refractivity contribution in [2.45, 2.75) is 37.6 Å². The Morgan fingerprint density at radius 1 is 1.12 bits per heavy atom. The number of rotatable bonds is 3. The van der Waals surface area contributed by atoms with Crippen LogP contribution in [-0.2, 0) is 7.05 Å². The minimum absolute atomic E-state index is 0.0554. The summed E-state index contributed by atoms with van der Waals surface area (Å²) in [5, 5.41) is 8.07. The lowest BCUT2D eigenvalue weighted by molar-refractivity contribution is 0.121. The van der Waals surface area contributed by atoms with E-state index in [9.17, 15) is 4.79 Å². The Labute approximate surface area is 148 Å². The van der Waals surface area contributed by atoms with E-state index in [1.54, 1.807) is 11.6 Å². The van der Waals surface area contributed by atoms with E-state index in [0.717, 1.165) is 37.6 Å². The fourth-order valence-corrected chi connectivity index (χ4v) is 4.29. The van der Waals surface area contributed by atoms with Gasteiger partial charge in [-0.05, 0) is 57.5 Å². The lowest BCUT2D eigenvalue weighted by atomic mass is 9.93. The van der Waals surface area contributed by atoms with E-state index in [1.807, 2.05) is 30.3 Å². The first-order valence-corrected chi connectivity index (χ1v) is 9.40. The molecule has 2 fully saturated rings. The van der Waals surface area contributed by atoms with Gasteiger partial charge < -0.3 is 5.32 Å². The molecule has 0 spiro atoms. The van der Waals surface area contributed by atoms with Gasteiger partial charge in [-0.25, -0.2) is 14.0 Å². The molecule has 6 heteroatoms. The summed E-state index contributed by atoms with van der Waals surface area (Å²) in [6.07, 6.45) is 4.72. The van der Waals surface area contributed by atoms with Crippen LogP contribution in [0.4, 0.5) is 0 Å². The van der Waals surface area contributed by atoms with Gasteiger partial charge in [-0.1, -0.05) is 18.2 Å². The van der Waals surface area contributed by atoms with Gasteiger partial charge in [-0.2, -0.15) is 5.10 Å². The molecule has 1 aromatic heterocycles. The molecule has 1 N–H and O–H groups in total. The molecule has 134 valence electrons. The van der Waals surface area contributed by atoms with E-state index in [1.165, 1.54) is 30.5 Å². The van der Waals surface area contributed by atoms with Crippen LogP contribution in [0.3, 0.4) is 0 Å². The number of nitrogens with zero attached hydrogens (tertiary/aromatic N) is 4. The van der Waals surface area contributed by atoms with Gasteiger partial charge in [0, 0.05) is 25.6 Å². The standard InChI is InChI=1S/C19H27N5O/c1-22-19(25)24(17-7-3-2-4-8-17)18(21-22)15-6-5-13-23(14-15)16-9-11-20-12-10-16/h2-4,7-8,15-16,20H,5-6,9-14H2,1H3. The maximum atomic E-state index is 12.7. The number of aromatic nitrogens is 3. The summed E-state index contributed by atoms with van der Waals surface area (Å²) < 4.78 is 3.28. The van der Waals surface area contributed by atoms with Gasteiger partial charge in [-0.3, -0.25) is 4.90 Å². The van der Waals surface area contributed by atoms with Gasteiger partial charge in [0.2, 0.25) is 0 Å². The third-order valence-corrected chi connectivity index (χ3v) is 5.61. The normalized spacial score (nSPS) is 23.0. The number of hydrogen-bond donors (Lipinski definition) is 1. The van der Waals surface area contributed by atoms with Crippen molar-refractivity contribution in [2.24, 2.45) is 7.05 Å². The van der Waals surface area contributed by atoms with Crippen LogP contribution in [0.5, 0.6) is 0 Å². The summed E-state index contributed by atoms with van der Waals surface area (Å²) in [7, 11) is 1.75. The van der Waals surface area contributed by atoms with E-state index in [-0.39, 0.29) is 5.69 Å². The Morgan fingerprint density at radius 3 is 2.64 bits per heavy atom. The molecule has 6 nitrogen and oxygen atoms in total. The van der Waals surface area contributed by atoms with Gasteiger partial charge in [-0.15, -0.1) is 0 Å². The fourth-order valence-electron chi connectivity index (χ4n) is 4.29. The van der Waals surface area contributed by atoms with Crippen molar-refractivity contribution in [2.75, 3.05) is 26.2 Å². The van der Waals surface area contributed by atoms with Crippen LogP contribution in [0.15, 0.2) is 35.1 Å². The zero-order chi connectivity index (χ0) is 17.2. The summed E-state index contributed by atoms with van der Waals surface area (Å²) in [6.45, 7) is 4.41. The van der Waals surface area contributed by atoms with Crippen LogP contribution in [0.25, 0.3) is 5.69 Å². The molecule has 25 heavy (non-hydrogen) atoms. The van der Waals surface area contributed by atoms with Gasteiger partial charge in [0.05, 0.1) is 5.69 Å². The molecule has 2 aromatic rings. The first-order chi connectivity index (χ1) is 12.2. The Balaban J connectivity index is 1.63. The highest BCUT2D eigenvalue weighted by Gasteiger charge is 2.31. The second kappa shape index (κ2) is 7.14. The largest absolute Gasteiger partial charge is 0.350 e. The Kier molecular flexibility index (Phi) is 4.72. The second-order valence-corrected chi connectivity index (χ2v) is 7.25. The van der Waals surface area contributed by atoms with Crippen molar-refractivity contribution in [1.29, 1.82) is 0 Å². The van der Waals surface area contributed by atoms with Crippen molar-refractivity contribution in [3.05, 3.63) is 46.6 Å². The van der Waals surface area contributed by atoms with Gasteiger partial charge in [0.25, 0.3) is 0 Å².